The monoisotopic (exact) mass is 1200 g/mol. The van der Waals surface area contributed by atoms with Gasteiger partial charge in [0.15, 0.2) is 0 Å². The van der Waals surface area contributed by atoms with Crippen LogP contribution in [-0.2, 0) is 52.7 Å². The van der Waals surface area contributed by atoms with Crippen LogP contribution in [-0.4, -0.2) is 226 Å². The van der Waals surface area contributed by atoms with E-state index in [2.05, 4.69) is 21.3 Å². The highest BCUT2D eigenvalue weighted by molar-refractivity contribution is 5.99. The van der Waals surface area contributed by atoms with Gasteiger partial charge in [0.05, 0.1) is 12.6 Å². The summed E-state index contributed by atoms with van der Waals surface area (Å²) in [6, 6.07) is -12.3. The first-order chi connectivity index (χ1) is 39.3. The molecule has 1 saturated heterocycles. The van der Waals surface area contributed by atoms with Gasteiger partial charge in [-0.15, -0.1) is 0 Å². The van der Waals surface area contributed by atoms with Crippen LogP contribution in [0.1, 0.15) is 157 Å². The Bertz CT molecular complexity index is 2330. The van der Waals surface area contributed by atoms with E-state index < -0.39 is 162 Å². The molecular formula is C62H111N11O12. The molecule has 1 heterocycles. The Morgan fingerprint density at radius 1 is 0.482 bits per heavy atom. The number of carbonyl (C=O) groups is 11. The molecule has 1 aliphatic heterocycles. The van der Waals surface area contributed by atoms with Crippen LogP contribution in [0.25, 0.3) is 0 Å². The SMILES string of the molecule is C/C=C/C[C@@H](C)[C@@H](O)[C@H]1C(=O)NC(CC)C(=O)N(C)CC(=O)N(CC)C(C(C)C)C(=O)N[C@@H](C(C)C)C(=O)N(C)[C@@H](CC(C)C)C(=O)N[C@@H](C)C(=O)N[C@H](C)C(=O)N(C)[C@@H](CC(C)C)C(=O)N(C)[C@@H](CC(C)C)C(=O)N(C)[C@@H](C(C)C)C(=O)N1C. The third kappa shape index (κ3) is 21.1. The van der Waals surface area contributed by atoms with E-state index in [-0.39, 0.29) is 50.0 Å². The molecular weight excluding hydrogens is 1090 g/mol. The summed E-state index contributed by atoms with van der Waals surface area (Å²) < 4.78 is 0. The lowest BCUT2D eigenvalue weighted by Crippen LogP contribution is -2.63. The summed E-state index contributed by atoms with van der Waals surface area (Å²) >= 11 is 0. The van der Waals surface area contributed by atoms with Crippen molar-refractivity contribution in [3.05, 3.63) is 12.2 Å². The summed E-state index contributed by atoms with van der Waals surface area (Å²) in [7, 11) is 8.51. The van der Waals surface area contributed by atoms with E-state index in [1.54, 1.807) is 75.3 Å². The second-order valence-electron chi connectivity index (χ2n) is 25.8. The molecule has 23 heteroatoms. The fourth-order valence-corrected chi connectivity index (χ4v) is 10.9. The Labute approximate surface area is 508 Å². The lowest BCUT2D eigenvalue weighted by Gasteiger charge is -2.41. The zero-order valence-corrected chi connectivity index (χ0v) is 56.1. The van der Waals surface area contributed by atoms with E-state index in [9.17, 15) is 48.3 Å². The largest absolute Gasteiger partial charge is 0.390 e. The van der Waals surface area contributed by atoms with E-state index in [1.165, 1.54) is 80.6 Å². The molecule has 85 heavy (non-hydrogen) atoms. The maximum absolute atomic E-state index is 15.1. The van der Waals surface area contributed by atoms with Crippen molar-refractivity contribution in [2.75, 3.05) is 55.4 Å². The van der Waals surface area contributed by atoms with Crippen molar-refractivity contribution in [1.82, 2.24) is 55.6 Å². The fourth-order valence-electron chi connectivity index (χ4n) is 10.9. The number of hydrogen-bond donors (Lipinski definition) is 5. The molecule has 12 atom stereocenters. The summed E-state index contributed by atoms with van der Waals surface area (Å²) in [4.78, 5) is 169. The first-order valence-corrected chi connectivity index (χ1v) is 30.7. The van der Waals surface area contributed by atoms with Crippen molar-refractivity contribution in [3.8, 4) is 0 Å². The van der Waals surface area contributed by atoms with Gasteiger partial charge in [-0.1, -0.05) is 109 Å². The lowest BCUT2D eigenvalue weighted by molar-refractivity contribution is -0.157. The van der Waals surface area contributed by atoms with Crippen LogP contribution in [0.2, 0.25) is 0 Å². The van der Waals surface area contributed by atoms with Gasteiger partial charge >= 0.3 is 0 Å². The Hall–Kier alpha value is -6.13. The number of nitrogens with one attached hydrogen (secondary N) is 4. The van der Waals surface area contributed by atoms with Crippen LogP contribution in [0.3, 0.4) is 0 Å². The first kappa shape index (κ1) is 76.9. The van der Waals surface area contributed by atoms with E-state index >= 15 is 9.59 Å². The van der Waals surface area contributed by atoms with E-state index in [0.29, 0.717) is 6.42 Å². The van der Waals surface area contributed by atoms with Gasteiger partial charge < -0.3 is 60.7 Å². The Morgan fingerprint density at radius 2 is 0.918 bits per heavy atom. The average molecular weight is 1200 g/mol. The number of carbonyl (C=O) groups excluding carboxylic acids is 11. The molecule has 0 aromatic rings. The number of nitrogens with zero attached hydrogens (tertiary/aromatic N) is 7. The molecule has 1 aliphatic rings. The molecule has 1 fully saturated rings. The number of likely N-dealkylation sites (N-methyl/N-ethyl adjacent to an activating group) is 7. The van der Waals surface area contributed by atoms with Gasteiger partial charge in [-0.25, -0.2) is 0 Å². The van der Waals surface area contributed by atoms with Crippen molar-refractivity contribution in [2.45, 2.75) is 223 Å². The highest BCUT2D eigenvalue weighted by Crippen LogP contribution is 2.26. The molecule has 0 radical (unpaired) electrons. The molecule has 23 nitrogen and oxygen atoms in total. The zero-order valence-electron chi connectivity index (χ0n) is 56.1. The quantitative estimate of drug-likeness (QED) is 0.148. The molecule has 0 aromatic heterocycles. The lowest BCUT2D eigenvalue weighted by atomic mass is 9.91. The van der Waals surface area contributed by atoms with E-state index in [1.807, 2.05) is 47.6 Å². The summed E-state index contributed by atoms with van der Waals surface area (Å²) in [6.07, 6.45) is 2.89. The van der Waals surface area contributed by atoms with Crippen molar-refractivity contribution in [3.63, 3.8) is 0 Å². The number of allylic oxidation sites excluding steroid dienone is 2. The van der Waals surface area contributed by atoms with Crippen LogP contribution in [0.15, 0.2) is 12.2 Å². The predicted molar refractivity (Wildman–Crippen MR) is 328 cm³/mol. The van der Waals surface area contributed by atoms with Gasteiger partial charge in [0, 0.05) is 48.8 Å². The molecule has 0 saturated carbocycles. The van der Waals surface area contributed by atoms with E-state index in [0.717, 1.165) is 9.80 Å². The Kier molecular flexibility index (Phi) is 31.5. The molecule has 0 aliphatic carbocycles. The molecule has 5 N–H and O–H groups in total. The van der Waals surface area contributed by atoms with Crippen molar-refractivity contribution in [1.29, 1.82) is 0 Å². The second kappa shape index (κ2) is 34.9. The average Bonchev–Trinajstić information content (AvgIpc) is 3.56. The highest BCUT2D eigenvalue weighted by Gasteiger charge is 2.46. The minimum Gasteiger partial charge on any atom is -0.390 e. The zero-order chi connectivity index (χ0) is 66.0. The second-order valence-corrected chi connectivity index (χ2v) is 25.8. The number of aliphatic hydroxyl groups is 1. The number of amides is 11. The molecule has 0 aromatic carbocycles. The minimum atomic E-state index is -1.61. The van der Waals surface area contributed by atoms with Gasteiger partial charge in [-0.05, 0) is 101 Å². The van der Waals surface area contributed by atoms with Crippen molar-refractivity contribution in [2.24, 2.45) is 41.4 Å². The Morgan fingerprint density at radius 3 is 1.36 bits per heavy atom. The smallest absolute Gasteiger partial charge is 0.246 e. The standard InChI is InChI=1S/C62H111N11O12/c1-25-28-29-40(16)52(75)51-56(79)65-43(26-2)58(81)67(19)33-47(74)73(27-3)49(38(12)13)55(78)66-48(37(10)11)61(84)68(20)44(30-34(4)5)54(77)63-41(17)53(76)64-42(18)57(80)69(21)45(31-35(6)7)59(82)70(22)46(32-36(8)9)60(83)71(23)50(39(14)15)62(85)72(51)24/h25,28,34-46,48-52,75H,26-27,29-33H2,1-24H3,(H,63,77)(H,64,76)(H,65,79)(H,66,78)/b28-25+/t40-,41+,42-,43?,44+,45+,46+,48+,49?,50+,51+,52-/m1/s1. The topological polar surface area (TPSA) is 279 Å². The maximum atomic E-state index is 15.1. The molecule has 0 spiro atoms. The minimum absolute atomic E-state index is 0.0205. The normalized spacial score (nSPS) is 26.9. The molecule has 1 rings (SSSR count). The van der Waals surface area contributed by atoms with Crippen LogP contribution < -0.4 is 21.3 Å². The third-order valence-electron chi connectivity index (χ3n) is 16.1. The summed E-state index contributed by atoms with van der Waals surface area (Å²) in [5.41, 5.74) is 0. The molecule has 11 amide bonds. The van der Waals surface area contributed by atoms with Crippen LogP contribution in [0, 0.1) is 41.4 Å². The number of rotatable bonds is 15. The third-order valence-corrected chi connectivity index (χ3v) is 16.1. The number of hydrogen-bond acceptors (Lipinski definition) is 12. The predicted octanol–water partition coefficient (Wildman–Crippen LogP) is 3.27. The van der Waals surface area contributed by atoms with E-state index in [4.69, 9.17) is 0 Å². The summed E-state index contributed by atoms with van der Waals surface area (Å²) in [6.45, 7) is 30.8. The summed E-state index contributed by atoms with van der Waals surface area (Å²) in [5, 5.41) is 23.1. The number of aliphatic hydroxyl groups excluding tert-OH is 1. The maximum Gasteiger partial charge on any atom is 0.246 e. The van der Waals surface area contributed by atoms with Gasteiger partial charge in [0.1, 0.15) is 60.4 Å². The molecule has 2 unspecified atom stereocenters. The first-order valence-electron chi connectivity index (χ1n) is 30.7. The van der Waals surface area contributed by atoms with Crippen LogP contribution in [0.5, 0.6) is 0 Å². The van der Waals surface area contributed by atoms with Gasteiger partial charge in [-0.2, -0.15) is 0 Å². The van der Waals surface area contributed by atoms with Crippen molar-refractivity contribution >= 4 is 65.0 Å². The van der Waals surface area contributed by atoms with Gasteiger partial charge in [0.25, 0.3) is 0 Å². The van der Waals surface area contributed by atoms with Gasteiger partial charge in [0.2, 0.25) is 65.0 Å². The van der Waals surface area contributed by atoms with Crippen molar-refractivity contribution < 1.29 is 57.8 Å². The van der Waals surface area contributed by atoms with Gasteiger partial charge in [-0.3, -0.25) is 52.7 Å². The summed E-state index contributed by atoms with van der Waals surface area (Å²) in [5.74, 6) is -10.1. The molecule has 486 valence electrons. The molecule has 0 bridgehead atoms. The van der Waals surface area contributed by atoms with Crippen LogP contribution >= 0.6 is 0 Å². The highest BCUT2D eigenvalue weighted by atomic mass is 16.3. The Balaban J connectivity index is 4.34. The van der Waals surface area contributed by atoms with Crippen LogP contribution in [0.4, 0.5) is 0 Å². The fraction of sp³-hybridized carbons (Fsp3) is 0.790.